The minimum atomic E-state index is -5.29. The Balaban J connectivity index is 3.33. The minimum absolute atomic E-state index is 0.318. The van der Waals surface area contributed by atoms with Crippen molar-refractivity contribution in [3.8, 4) is 5.75 Å². The zero-order valence-corrected chi connectivity index (χ0v) is 11.4. The molecule has 0 aliphatic heterocycles. The maximum atomic E-state index is 12.6. The van der Waals surface area contributed by atoms with E-state index in [0.29, 0.717) is 12.1 Å². The van der Waals surface area contributed by atoms with E-state index in [0.717, 1.165) is 6.07 Å². The van der Waals surface area contributed by atoms with E-state index in [1.54, 1.807) is 0 Å². The van der Waals surface area contributed by atoms with Gasteiger partial charge in [-0.05, 0) is 19.1 Å². The predicted octanol–water partition coefficient (Wildman–Crippen LogP) is 4.57. The Labute approximate surface area is 117 Å². The molecule has 0 aromatic heterocycles. The highest BCUT2D eigenvalue weighted by Gasteiger charge is 2.39. The summed E-state index contributed by atoms with van der Waals surface area (Å²) in [5.41, 5.74) is -1.92. The molecule has 0 bridgehead atoms. The first-order chi connectivity index (χ1) is 8.92. The zero-order chi connectivity index (χ0) is 15.7. The average Bonchev–Trinajstić information content (AvgIpc) is 2.23. The minimum Gasteiger partial charge on any atom is -0.405 e. The highest BCUT2D eigenvalue weighted by atomic mass is 79.9. The van der Waals surface area contributed by atoms with Gasteiger partial charge in [-0.3, -0.25) is 4.79 Å². The Morgan fingerprint density at radius 3 is 2.15 bits per heavy atom. The lowest BCUT2D eigenvalue weighted by Gasteiger charge is -2.16. The van der Waals surface area contributed by atoms with Crippen molar-refractivity contribution in [2.24, 2.45) is 0 Å². The van der Waals surface area contributed by atoms with Gasteiger partial charge in [-0.25, -0.2) is 0 Å². The summed E-state index contributed by atoms with van der Waals surface area (Å²) in [6, 6.07) is 1.60. The standard InChI is InChI=1S/C11H7BrF6O2/c1-5(12)9(19)6-2-3-7(10(13,14)15)8(4-6)20-11(16,17)18/h2-5H,1H3. The van der Waals surface area contributed by atoms with Crippen molar-refractivity contribution in [2.75, 3.05) is 0 Å². The van der Waals surface area contributed by atoms with Crippen molar-refractivity contribution in [3.63, 3.8) is 0 Å². The first kappa shape index (κ1) is 16.8. The molecule has 112 valence electrons. The molecule has 0 heterocycles. The van der Waals surface area contributed by atoms with Crippen molar-refractivity contribution in [1.82, 2.24) is 0 Å². The van der Waals surface area contributed by atoms with Crippen LogP contribution in [0.25, 0.3) is 0 Å². The monoisotopic (exact) mass is 364 g/mol. The quantitative estimate of drug-likeness (QED) is 0.446. The van der Waals surface area contributed by atoms with Crippen molar-refractivity contribution in [2.45, 2.75) is 24.3 Å². The highest BCUT2D eigenvalue weighted by molar-refractivity contribution is 9.10. The van der Waals surface area contributed by atoms with Crippen LogP contribution in [0.5, 0.6) is 5.75 Å². The van der Waals surface area contributed by atoms with Gasteiger partial charge < -0.3 is 4.74 Å². The molecule has 1 aromatic rings. The number of benzene rings is 1. The van der Waals surface area contributed by atoms with Crippen LogP contribution in [0.3, 0.4) is 0 Å². The van der Waals surface area contributed by atoms with Gasteiger partial charge in [0.2, 0.25) is 0 Å². The van der Waals surface area contributed by atoms with Gasteiger partial charge in [0, 0.05) is 5.56 Å². The van der Waals surface area contributed by atoms with Crippen molar-refractivity contribution < 1.29 is 35.9 Å². The average molecular weight is 365 g/mol. The molecule has 1 aromatic carbocycles. The van der Waals surface area contributed by atoms with Crippen LogP contribution in [-0.4, -0.2) is 17.0 Å². The van der Waals surface area contributed by atoms with Crippen LogP contribution in [-0.2, 0) is 6.18 Å². The maximum Gasteiger partial charge on any atom is 0.573 e. The van der Waals surface area contributed by atoms with Crippen LogP contribution in [0.2, 0.25) is 0 Å². The summed E-state index contributed by atoms with van der Waals surface area (Å²) in [5, 5.41) is 0. The van der Waals surface area contributed by atoms with E-state index in [9.17, 15) is 31.1 Å². The lowest BCUT2D eigenvalue weighted by atomic mass is 10.1. The molecule has 0 saturated carbocycles. The molecule has 20 heavy (non-hydrogen) atoms. The summed E-state index contributed by atoms with van der Waals surface area (Å²) in [5.74, 6) is -2.12. The molecule has 2 nitrogen and oxygen atoms in total. The SMILES string of the molecule is CC(Br)C(=O)c1ccc(C(F)(F)F)c(OC(F)(F)F)c1. The number of rotatable bonds is 3. The van der Waals surface area contributed by atoms with Gasteiger partial charge in [0.25, 0.3) is 0 Å². The highest BCUT2D eigenvalue weighted by Crippen LogP contribution is 2.39. The molecule has 0 aliphatic rings. The van der Waals surface area contributed by atoms with Gasteiger partial charge in [0.1, 0.15) is 5.75 Å². The number of ketones is 1. The zero-order valence-electron chi connectivity index (χ0n) is 9.77. The fourth-order valence-corrected chi connectivity index (χ4v) is 1.61. The number of carbonyl (C=O) groups is 1. The normalized spacial score (nSPS) is 14.0. The smallest absolute Gasteiger partial charge is 0.405 e. The number of ether oxygens (including phenoxy) is 1. The van der Waals surface area contributed by atoms with Gasteiger partial charge in [0.15, 0.2) is 5.78 Å². The summed E-state index contributed by atoms with van der Waals surface area (Å²) < 4.78 is 77.4. The fourth-order valence-electron chi connectivity index (χ4n) is 1.35. The van der Waals surface area contributed by atoms with Crippen molar-refractivity contribution >= 4 is 21.7 Å². The summed E-state index contributed by atoms with van der Waals surface area (Å²) in [4.78, 5) is 10.8. The Kier molecular flexibility index (Phi) is 4.73. The topological polar surface area (TPSA) is 26.3 Å². The van der Waals surface area contributed by atoms with Crippen LogP contribution in [0.15, 0.2) is 18.2 Å². The first-order valence-electron chi connectivity index (χ1n) is 5.07. The Hall–Kier alpha value is -1.25. The third kappa shape index (κ3) is 4.39. The van der Waals surface area contributed by atoms with E-state index in [2.05, 4.69) is 20.7 Å². The Morgan fingerprint density at radius 1 is 1.20 bits per heavy atom. The molecule has 0 radical (unpaired) electrons. The van der Waals surface area contributed by atoms with E-state index in [4.69, 9.17) is 0 Å². The molecule has 0 saturated heterocycles. The van der Waals surface area contributed by atoms with Gasteiger partial charge in [-0.15, -0.1) is 13.2 Å². The van der Waals surface area contributed by atoms with Crippen LogP contribution in [0.1, 0.15) is 22.8 Å². The van der Waals surface area contributed by atoms with Crippen LogP contribution < -0.4 is 4.74 Å². The molecule has 0 aliphatic carbocycles. The van der Waals surface area contributed by atoms with Crippen molar-refractivity contribution in [3.05, 3.63) is 29.3 Å². The first-order valence-corrected chi connectivity index (χ1v) is 5.98. The van der Waals surface area contributed by atoms with Gasteiger partial charge >= 0.3 is 12.5 Å². The molecule has 1 rings (SSSR count). The second-order valence-corrected chi connectivity index (χ2v) is 5.11. The fraction of sp³-hybridized carbons (Fsp3) is 0.364. The molecule has 9 heteroatoms. The predicted molar refractivity (Wildman–Crippen MR) is 60.8 cm³/mol. The van der Waals surface area contributed by atoms with Gasteiger partial charge in [-0.2, -0.15) is 13.2 Å². The Morgan fingerprint density at radius 2 is 1.75 bits per heavy atom. The molecule has 1 atom stereocenters. The lowest BCUT2D eigenvalue weighted by molar-refractivity contribution is -0.276. The Bertz CT molecular complexity index is 507. The third-order valence-corrected chi connectivity index (χ3v) is 2.57. The second kappa shape index (κ2) is 5.63. The summed E-state index contributed by atoms with van der Waals surface area (Å²) in [7, 11) is 0. The molecule has 0 amide bonds. The number of Topliss-reactive ketones (excluding diaryl/α,β-unsaturated/α-hetero) is 1. The number of halogens is 7. The van der Waals surface area contributed by atoms with E-state index >= 15 is 0 Å². The summed E-state index contributed by atoms with van der Waals surface area (Å²) >= 11 is 2.89. The van der Waals surface area contributed by atoms with Crippen LogP contribution in [0.4, 0.5) is 26.3 Å². The molecule has 1 unspecified atom stereocenters. The van der Waals surface area contributed by atoms with E-state index in [-0.39, 0.29) is 5.56 Å². The second-order valence-electron chi connectivity index (χ2n) is 3.74. The lowest BCUT2D eigenvalue weighted by Crippen LogP contribution is -2.21. The maximum absolute atomic E-state index is 12.6. The number of hydrogen-bond donors (Lipinski definition) is 0. The number of carbonyl (C=O) groups excluding carboxylic acids is 1. The molecule has 0 spiro atoms. The molecule has 0 fully saturated rings. The largest absolute Gasteiger partial charge is 0.573 e. The van der Waals surface area contributed by atoms with Crippen LogP contribution >= 0.6 is 15.9 Å². The van der Waals surface area contributed by atoms with E-state index < -0.39 is 34.5 Å². The van der Waals surface area contributed by atoms with Gasteiger partial charge in [0.05, 0.1) is 10.4 Å². The number of hydrogen-bond acceptors (Lipinski definition) is 2. The molecule has 0 N–H and O–H groups in total. The van der Waals surface area contributed by atoms with Gasteiger partial charge in [-0.1, -0.05) is 22.0 Å². The third-order valence-electron chi connectivity index (χ3n) is 2.16. The molecular formula is C11H7BrF6O2. The summed E-state index contributed by atoms with van der Waals surface area (Å²) in [6.45, 7) is 1.39. The van der Waals surface area contributed by atoms with E-state index in [1.807, 2.05) is 0 Å². The van der Waals surface area contributed by atoms with Crippen molar-refractivity contribution in [1.29, 1.82) is 0 Å². The molecular weight excluding hydrogens is 358 g/mol. The number of alkyl halides is 7. The van der Waals surface area contributed by atoms with E-state index in [1.165, 1.54) is 6.92 Å². The summed E-state index contributed by atoms with van der Waals surface area (Å²) in [6.07, 6.45) is -10.3. The van der Waals surface area contributed by atoms with Crippen LogP contribution in [0, 0.1) is 0 Å².